The van der Waals surface area contributed by atoms with Crippen molar-refractivity contribution in [3.05, 3.63) is 22.0 Å². The van der Waals surface area contributed by atoms with Crippen LogP contribution in [0.15, 0.2) is 6.20 Å². The molecule has 1 aliphatic rings. The van der Waals surface area contributed by atoms with Gasteiger partial charge in [-0.15, -0.1) is 0 Å². The standard InChI is InChI=1S/C9H13N5O3/c10-9(15)8-7(14(16)17)5-13(12-8)6-1-3-11-4-2-6/h5-6,11H,1-4H2,(H2,10,15). The molecule has 8 heteroatoms. The number of primary amides is 1. The Hall–Kier alpha value is -1.96. The molecule has 1 aromatic rings. The molecule has 0 bridgehead atoms. The van der Waals surface area contributed by atoms with E-state index >= 15 is 0 Å². The van der Waals surface area contributed by atoms with Gasteiger partial charge in [0.1, 0.15) is 6.20 Å². The fraction of sp³-hybridized carbons (Fsp3) is 0.556. The van der Waals surface area contributed by atoms with Crippen molar-refractivity contribution in [3.63, 3.8) is 0 Å². The summed E-state index contributed by atoms with van der Waals surface area (Å²) >= 11 is 0. The Labute approximate surface area is 96.9 Å². The fourth-order valence-electron chi connectivity index (χ4n) is 1.95. The Balaban J connectivity index is 2.32. The zero-order chi connectivity index (χ0) is 12.4. The van der Waals surface area contributed by atoms with Crippen LogP contribution in [0.4, 0.5) is 5.69 Å². The zero-order valence-electron chi connectivity index (χ0n) is 9.13. The number of nitrogens with one attached hydrogen (secondary N) is 1. The summed E-state index contributed by atoms with van der Waals surface area (Å²) in [5.74, 6) is -0.871. The van der Waals surface area contributed by atoms with Crippen LogP contribution in [-0.4, -0.2) is 33.7 Å². The average molecular weight is 239 g/mol. The predicted octanol–water partition coefficient (Wildman–Crippen LogP) is -0.185. The third-order valence-electron chi connectivity index (χ3n) is 2.83. The monoisotopic (exact) mass is 239 g/mol. The molecule has 0 aromatic carbocycles. The van der Waals surface area contributed by atoms with Gasteiger partial charge in [-0.3, -0.25) is 19.6 Å². The molecular formula is C9H13N5O3. The third-order valence-corrected chi connectivity index (χ3v) is 2.83. The van der Waals surface area contributed by atoms with Crippen molar-refractivity contribution in [2.45, 2.75) is 18.9 Å². The van der Waals surface area contributed by atoms with E-state index in [1.165, 1.54) is 10.9 Å². The maximum Gasteiger partial charge on any atom is 0.320 e. The lowest BCUT2D eigenvalue weighted by atomic mass is 10.1. The molecule has 2 heterocycles. The highest BCUT2D eigenvalue weighted by atomic mass is 16.6. The molecule has 2 rings (SSSR count). The molecule has 3 N–H and O–H groups in total. The van der Waals surface area contributed by atoms with Crippen molar-refractivity contribution in [1.29, 1.82) is 0 Å². The lowest BCUT2D eigenvalue weighted by Crippen LogP contribution is -2.29. The van der Waals surface area contributed by atoms with Crippen molar-refractivity contribution in [3.8, 4) is 0 Å². The van der Waals surface area contributed by atoms with Gasteiger partial charge < -0.3 is 11.1 Å². The molecule has 1 aliphatic heterocycles. The first kappa shape index (κ1) is 11.5. The zero-order valence-corrected chi connectivity index (χ0v) is 9.13. The summed E-state index contributed by atoms with van der Waals surface area (Å²) in [6.07, 6.45) is 2.95. The molecule has 1 aromatic heterocycles. The van der Waals surface area contributed by atoms with E-state index < -0.39 is 10.8 Å². The molecule has 17 heavy (non-hydrogen) atoms. The molecule has 1 saturated heterocycles. The van der Waals surface area contributed by atoms with Crippen LogP contribution >= 0.6 is 0 Å². The molecule has 0 atom stereocenters. The summed E-state index contributed by atoms with van der Waals surface area (Å²) in [5.41, 5.74) is 4.47. The summed E-state index contributed by atoms with van der Waals surface area (Å²) in [5, 5.41) is 17.9. The number of amides is 1. The van der Waals surface area contributed by atoms with Crippen LogP contribution in [0, 0.1) is 10.1 Å². The van der Waals surface area contributed by atoms with Crippen LogP contribution in [0.3, 0.4) is 0 Å². The first-order chi connectivity index (χ1) is 8.09. The fourth-order valence-corrected chi connectivity index (χ4v) is 1.95. The summed E-state index contributed by atoms with van der Waals surface area (Å²) < 4.78 is 1.49. The Morgan fingerprint density at radius 3 is 2.71 bits per heavy atom. The Kier molecular flexibility index (Phi) is 3.05. The highest BCUT2D eigenvalue weighted by Crippen LogP contribution is 2.23. The molecule has 0 spiro atoms. The van der Waals surface area contributed by atoms with E-state index in [1.807, 2.05) is 0 Å². The smallest absolute Gasteiger partial charge is 0.320 e. The molecule has 1 fully saturated rings. The van der Waals surface area contributed by atoms with Gasteiger partial charge in [-0.2, -0.15) is 5.10 Å². The quantitative estimate of drug-likeness (QED) is 0.560. The van der Waals surface area contributed by atoms with Gasteiger partial charge in [-0.1, -0.05) is 0 Å². The first-order valence-electron chi connectivity index (χ1n) is 5.33. The van der Waals surface area contributed by atoms with E-state index in [1.54, 1.807) is 0 Å². The topological polar surface area (TPSA) is 116 Å². The molecular weight excluding hydrogens is 226 g/mol. The van der Waals surface area contributed by atoms with E-state index in [-0.39, 0.29) is 17.4 Å². The van der Waals surface area contributed by atoms with Crippen molar-refractivity contribution < 1.29 is 9.72 Å². The van der Waals surface area contributed by atoms with Crippen LogP contribution in [-0.2, 0) is 0 Å². The van der Waals surface area contributed by atoms with Crippen LogP contribution in [0.2, 0.25) is 0 Å². The number of aromatic nitrogens is 2. The van der Waals surface area contributed by atoms with Gasteiger partial charge in [0, 0.05) is 0 Å². The minimum Gasteiger partial charge on any atom is -0.364 e. The van der Waals surface area contributed by atoms with Gasteiger partial charge in [0.05, 0.1) is 11.0 Å². The largest absolute Gasteiger partial charge is 0.364 e. The van der Waals surface area contributed by atoms with Crippen LogP contribution in [0.25, 0.3) is 0 Å². The van der Waals surface area contributed by atoms with Crippen molar-refractivity contribution >= 4 is 11.6 Å². The van der Waals surface area contributed by atoms with E-state index in [2.05, 4.69) is 10.4 Å². The SMILES string of the molecule is NC(=O)c1nn(C2CCNCC2)cc1[N+](=O)[O-]. The number of carbonyl (C=O) groups excluding carboxylic acids is 1. The number of nitrogens with two attached hydrogens (primary N) is 1. The third kappa shape index (κ3) is 2.26. The molecule has 0 aliphatic carbocycles. The van der Waals surface area contributed by atoms with Crippen molar-refractivity contribution in [2.75, 3.05) is 13.1 Å². The Bertz CT molecular complexity index is 418. The number of nitro groups is 1. The van der Waals surface area contributed by atoms with Gasteiger partial charge in [0.15, 0.2) is 0 Å². The minimum atomic E-state index is -0.871. The second-order valence-corrected chi connectivity index (χ2v) is 3.95. The number of carbonyl (C=O) groups is 1. The van der Waals surface area contributed by atoms with Gasteiger partial charge in [0.2, 0.25) is 5.69 Å². The van der Waals surface area contributed by atoms with Crippen molar-refractivity contribution in [1.82, 2.24) is 15.1 Å². The van der Waals surface area contributed by atoms with E-state index in [0.29, 0.717) is 0 Å². The molecule has 0 unspecified atom stereocenters. The Morgan fingerprint density at radius 1 is 1.59 bits per heavy atom. The average Bonchev–Trinajstić information content (AvgIpc) is 2.75. The van der Waals surface area contributed by atoms with Gasteiger partial charge >= 0.3 is 5.69 Å². The molecule has 0 radical (unpaired) electrons. The number of piperidine rings is 1. The molecule has 92 valence electrons. The minimum absolute atomic E-state index is 0.0862. The highest BCUT2D eigenvalue weighted by Gasteiger charge is 2.26. The summed E-state index contributed by atoms with van der Waals surface area (Å²) in [6.45, 7) is 1.68. The van der Waals surface area contributed by atoms with Crippen molar-refractivity contribution in [2.24, 2.45) is 5.73 Å². The number of hydrogen-bond donors (Lipinski definition) is 2. The second-order valence-electron chi connectivity index (χ2n) is 3.95. The summed E-state index contributed by atoms with van der Waals surface area (Å²) in [7, 11) is 0. The lowest BCUT2D eigenvalue weighted by molar-refractivity contribution is -0.385. The highest BCUT2D eigenvalue weighted by molar-refractivity contribution is 5.94. The van der Waals surface area contributed by atoms with Crippen LogP contribution < -0.4 is 11.1 Å². The molecule has 0 saturated carbocycles. The van der Waals surface area contributed by atoms with Gasteiger partial charge in [-0.25, -0.2) is 0 Å². The number of hydrogen-bond acceptors (Lipinski definition) is 5. The summed E-state index contributed by atoms with van der Waals surface area (Å²) in [4.78, 5) is 21.2. The van der Waals surface area contributed by atoms with Gasteiger partial charge in [-0.05, 0) is 25.9 Å². The van der Waals surface area contributed by atoms with Crippen LogP contribution in [0.5, 0.6) is 0 Å². The van der Waals surface area contributed by atoms with Gasteiger partial charge in [0.25, 0.3) is 5.91 Å². The number of rotatable bonds is 3. The van der Waals surface area contributed by atoms with Crippen LogP contribution in [0.1, 0.15) is 29.4 Å². The normalized spacial score (nSPS) is 16.9. The molecule has 8 nitrogen and oxygen atoms in total. The second kappa shape index (κ2) is 4.50. The van der Waals surface area contributed by atoms with E-state index in [0.717, 1.165) is 25.9 Å². The maximum atomic E-state index is 11.1. The number of nitrogens with zero attached hydrogens (tertiary/aromatic N) is 3. The lowest BCUT2D eigenvalue weighted by Gasteiger charge is -2.22. The predicted molar refractivity (Wildman–Crippen MR) is 58.5 cm³/mol. The Morgan fingerprint density at radius 2 is 2.24 bits per heavy atom. The molecule has 1 amide bonds. The van der Waals surface area contributed by atoms with E-state index in [4.69, 9.17) is 5.73 Å². The maximum absolute atomic E-state index is 11.1. The first-order valence-corrected chi connectivity index (χ1v) is 5.33. The summed E-state index contributed by atoms with van der Waals surface area (Å²) in [6, 6.07) is 0.0862. The van der Waals surface area contributed by atoms with E-state index in [9.17, 15) is 14.9 Å².